The Kier molecular flexibility index (Phi) is 2.30. The van der Waals surface area contributed by atoms with Gasteiger partial charge in [0.25, 0.3) is 0 Å². The Morgan fingerprint density at radius 2 is 1.81 bits per heavy atom. The van der Waals surface area contributed by atoms with E-state index in [4.69, 9.17) is 0 Å². The lowest BCUT2D eigenvalue weighted by Gasteiger charge is -2.24. The Morgan fingerprint density at radius 3 is 2.31 bits per heavy atom. The second-order valence-corrected chi connectivity index (χ2v) is 5.26. The highest BCUT2D eigenvalue weighted by molar-refractivity contribution is 5.80. The van der Waals surface area contributed by atoms with Crippen LogP contribution >= 0.6 is 0 Å². The topological polar surface area (TPSA) is 60.8 Å². The number of fused-ring (bicyclic) bond motifs is 2. The minimum absolute atomic E-state index is 0.0903. The van der Waals surface area contributed by atoms with Crippen molar-refractivity contribution in [1.82, 2.24) is 4.90 Å². The molecule has 4 heteroatoms. The Morgan fingerprint density at radius 1 is 1.12 bits per heavy atom. The first-order chi connectivity index (χ1) is 7.65. The van der Waals surface area contributed by atoms with Gasteiger partial charge in [0, 0.05) is 19.0 Å². The average molecular weight is 223 g/mol. The number of rotatable bonds is 1. The second kappa shape index (κ2) is 3.57. The van der Waals surface area contributed by atoms with E-state index in [9.17, 15) is 15.0 Å². The van der Waals surface area contributed by atoms with Crippen LogP contribution in [-0.2, 0) is 4.79 Å². The number of allylic oxidation sites excluding steroid dienone is 2. The number of nitrogens with zero attached hydrogens (tertiary/aromatic N) is 1. The normalized spacial score (nSPS) is 45.6. The van der Waals surface area contributed by atoms with Gasteiger partial charge in [-0.3, -0.25) is 4.79 Å². The molecule has 2 fully saturated rings. The smallest absolute Gasteiger partial charge is 0.226 e. The highest BCUT2D eigenvalue weighted by Crippen LogP contribution is 2.44. The molecule has 2 aliphatic carbocycles. The quantitative estimate of drug-likeness (QED) is 0.603. The van der Waals surface area contributed by atoms with Crippen molar-refractivity contribution in [3.8, 4) is 0 Å². The van der Waals surface area contributed by atoms with Gasteiger partial charge in [-0.15, -0.1) is 0 Å². The zero-order chi connectivity index (χ0) is 11.3. The highest BCUT2D eigenvalue weighted by atomic mass is 16.3. The van der Waals surface area contributed by atoms with Gasteiger partial charge in [0.2, 0.25) is 5.91 Å². The van der Waals surface area contributed by atoms with Crippen LogP contribution in [0.2, 0.25) is 0 Å². The predicted molar refractivity (Wildman–Crippen MR) is 57.4 cm³/mol. The zero-order valence-corrected chi connectivity index (χ0v) is 9.12. The van der Waals surface area contributed by atoms with Crippen LogP contribution in [0.5, 0.6) is 0 Å². The molecule has 0 radical (unpaired) electrons. The SMILES string of the molecule is O=C(C1CC2C=CC1C2)N1C[C@@H](O)[C@@H](O)C1. The molecule has 16 heavy (non-hydrogen) atoms. The van der Waals surface area contributed by atoms with Gasteiger partial charge in [0.15, 0.2) is 0 Å². The van der Waals surface area contributed by atoms with Crippen LogP contribution in [-0.4, -0.2) is 46.3 Å². The fourth-order valence-electron chi connectivity index (χ4n) is 3.25. The molecule has 0 aromatic rings. The Bertz CT molecular complexity index is 331. The number of hydrogen-bond donors (Lipinski definition) is 2. The van der Waals surface area contributed by atoms with Crippen molar-refractivity contribution in [2.75, 3.05) is 13.1 Å². The Hall–Kier alpha value is -0.870. The summed E-state index contributed by atoms with van der Waals surface area (Å²) >= 11 is 0. The van der Waals surface area contributed by atoms with Crippen LogP contribution in [0.25, 0.3) is 0 Å². The first-order valence-electron chi connectivity index (χ1n) is 5.98. The molecule has 0 aromatic heterocycles. The number of aliphatic hydroxyl groups excluding tert-OH is 2. The fraction of sp³-hybridized carbons (Fsp3) is 0.750. The van der Waals surface area contributed by atoms with E-state index >= 15 is 0 Å². The van der Waals surface area contributed by atoms with Gasteiger partial charge in [-0.1, -0.05) is 12.2 Å². The number of hydrogen-bond acceptors (Lipinski definition) is 3. The summed E-state index contributed by atoms with van der Waals surface area (Å²) in [6.07, 6.45) is 4.89. The van der Waals surface area contributed by atoms with Gasteiger partial charge >= 0.3 is 0 Å². The lowest BCUT2D eigenvalue weighted by atomic mass is 9.92. The molecule has 2 N–H and O–H groups in total. The molecule has 0 aromatic carbocycles. The Labute approximate surface area is 94.6 Å². The summed E-state index contributed by atoms with van der Waals surface area (Å²) in [5.74, 6) is 1.18. The van der Waals surface area contributed by atoms with Crippen molar-refractivity contribution in [1.29, 1.82) is 0 Å². The standard InChI is InChI=1S/C12H17NO3/c14-10-5-13(6-11(10)15)12(16)9-4-7-1-2-8(9)3-7/h1-2,7-11,14-15H,3-6H2/t7?,8?,9?,10-,11+. The van der Waals surface area contributed by atoms with Crippen LogP contribution in [0.4, 0.5) is 0 Å². The van der Waals surface area contributed by atoms with Gasteiger partial charge in [0.05, 0.1) is 12.2 Å². The van der Waals surface area contributed by atoms with Gasteiger partial charge in [-0.25, -0.2) is 0 Å². The Balaban J connectivity index is 1.68. The summed E-state index contributed by atoms with van der Waals surface area (Å²) in [6.45, 7) is 0.579. The van der Waals surface area contributed by atoms with E-state index in [-0.39, 0.29) is 24.9 Å². The molecule has 1 aliphatic heterocycles. The molecule has 1 saturated heterocycles. The molecule has 1 heterocycles. The third-order valence-corrected chi connectivity index (χ3v) is 4.17. The molecule has 3 unspecified atom stereocenters. The zero-order valence-electron chi connectivity index (χ0n) is 9.12. The number of amides is 1. The van der Waals surface area contributed by atoms with E-state index in [1.54, 1.807) is 4.90 Å². The number of likely N-dealkylation sites (tertiary alicyclic amines) is 1. The summed E-state index contributed by atoms with van der Waals surface area (Å²) < 4.78 is 0. The van der Waals surface area contributed by atoms with Crippen LogP contribution in [0.1, 0.15) is 12.8 Å². The van der Waals surface area contributed by atoms with Crippen molar-refractivity contribution in [3.05, 3.63) is 12.2 Å². The van der Waals surface area contributed by atoms with Crippen molar-refractivity contribution in [2.45, 2.75) is 25.0 Å². The third kappa shape index (κ3) is 1.48. The maximum atomic E-state index is 12.2. The van der Waals surface area contributed by atoms with Crippen LogP contribution in [0.3, 0.4) is 0 Å². The maximum Gasteiger partial charge on any atom is 0.226 e. The highest BCUT2D eigenvalue weighted by Gasteiger charge is 2.43. The molecule has 5 atom stereocenters. The number of aliphatic hydroxyl groups is 2. The first kappa shape index (κ1) is 10.3. The summed E-state index contributed by atoms with van der Waals surface area (Å²) in [4.78, 5) is 13.8. The van der Waals surface area contributed by atoms with Gasteiger partial charge < -0.3 is 15.1 Å². The molecule has 3 rings (SSSR count). The second-order valence-electron chi connectivity index (χ2n) is 5.26. The van der Waals surface area contributed by atoms with Crippen molar-refractivity contribution in [2.24, 2.45) is 17.8 Å². The van der Waals surface area contributed by atoms with E-state index in [0.29, 0.717) is 11.8 Å². The van der Waals surface area contributed by atoms with E-state index < -0.39 is 12.2 Å². The van der Waals surface area contributed by atoms with Crippen molar-refractivity contribution >= 4 is 5.91 Å². The molecular weight excluding hydrogens is 206 g/mol. The molecule has 0 spiro atoms. The number of carbonyl (C=O) groups excluding carboxylic acids is 1. The van der Waals surface area contributed by atoms with Crippen molar-refractivity contribution in [3.63, 3.8) is 0 Å². The lowest BCUT2D eigenvalue weighted by Crippen LogP contribution is -2.36. The van der Waals surface area contributed by atoms with Crippen LogP contribution in [0.15, 0.2) is 12.2 Å². The predicted octanol–water partition coefficient (Wildman–Crippen LogP) is -0.237. The largest absolute Gasteiger partial charge is 0.388 e. The summed E-state index contributed by atoms with van der Waals surface area (Å²) in [5, 5.41) is 18.9. The van der Waals surface area contributed by atoms with E-state index in [1.807, 2.05) is 0 Å². The van der Waals surface area contributed by atoms with Gasteiger partial charge in [-0.05, 0) is 24.7 Å². The lowest BCUT2D eigenvalue weighted by molar-refractivity contribution is -0.135. The third-order valence-electron chi connectivity index (χ3n) is 4.17. The minimum atomic E-state index is -0.766. The van der Waals surface area contributed by atoms with Crippen LogP contribution < -0.4 is 0 Å². The molecule has 1 amide bonds. The fourth-order valence-corrected chi connectivity index (χ4v) is 3.25. The van der Waals surface area contributed by atoms with E-state index in [0.717, 1.165) is 12.8 Å². The molecule has 4 nitrogen and oxygen atoms in total. The molecule has 2 bridgehead atoms. The molecular formula is C12H17NO3. The molecule has 88 valence electrons. The maximum absolute atomic E-state index is 12.2. The summed E-state index contributed by atoms with van der Waals surface area (Å²) in [6, 6.07) is 0. The van der Waals surface area contributed by atoms with Crippen molar-refractivity contribution < 1.29 is 15.0 Å². The summed E-state index contributed by atoms with van der Waals surface area (Å²) in [7, 11) is 0. The monoisotopic (exact) mass is 223 g/mol. The van der Waals surface area contributed by atoms with Gasteiger partial charge in [-0.2, -0.15) is 0 Å². The first-order valence-corrected chi connectivity index (χ1v) is 5.98. The number of carbonyl (C=O) groups is 1. The van der Waals surface area contributed by atoms with E-state index in [1.165, 1.54) is 0 Å². The van der Waals surface area contributed by atoms with E-state index in [2.05, 4.69) is 12.2 Å². The average Bonchev–Trinajstić information content (AvgIpc) is 2.94. The minimum Gasteiger partial charge on any atom is -0.388 e. The van der Waals surface area contributed by atoms with Gasteiger partial charge in [0.1, 0.15) is 0 Å². The van der Waals surface area contributed by atoms with Crippen LogP contribution in [0, 0.1) is 17.8 Å². The number of β-amino-alcohol motifs (C(OH)–C–C–N with tert-alkyl or cyclic N) is 2. The molecule has 1 saturated carbocycles. The summed E-state index contributed by atoms with van der Waals surface area (Å²) in [5.41, 5.74) is 0. The molecule has 3 aliphatic rings.